The van der Waals surface area contributed by atoms with Crippen molar-refractivity contribution in [1.82, 2.24) is 5.32 Å². The lowest BCUT2D eigenvalue weighted by Gasteiger charge is -2.22. The molecule has 0 saturated carbocycles. The summed E-state index contributed by atoms with van der Waals surface area (Å²) < 4.78 is 4.97. The van der Waals surface area contributed by atoms with Gasteiger partial charge in [0.1, 0.15) is 0 Å². The maximum absolute atomic E-state index is 11.3. The van der Waals surface area contributed by atoms with Gasteiger partial charge in [-0.3, -0.25) is 4.79 Å². The molecule has 0 unspecified atom stereocenters. The molecular formula is C11H21NO3. The molecule has 0 aromatic rings. The van der Waals surface area contributed by atoms with E-state index in [1.807, 2.05) is 34.6 Å². The molecule has 0 bridgehead atoms. The summed E-state index contributed by atoms with van der Waals surface area (Å²) in [6, 6.07) is 0. The van der Waals surface area contributed by atoms with Gasteiger partial charge < -0.3 is 10.1 Å². The minimum absolute atomic E-state index is 0.322. The minimum Gasteiger partial charge on any atom is -0.439 e. The van der Waals surface area contributed by atoms with E-state index in [9.17, 15) is 9.59 Å². The van der Waals surface area contributed by atoms with Crippen molar-refractivity contribution in [2.75, 3.05) is 0 Å². The molecule has 0 aromatic carbocycles. The second kappa shape index (κ2) is 5.73. The number of ether oxygens (including phenoxy) is 1. The number of carbonyl (C=O) groups excluding carboxylic acids is 2. The molecule has 1 N–H and O–H groups in total. The molecule has 0 fully saturated rings. The van der Waals surface area contributed by atoms with E-state index in [2.05, 4.69) is 5.32 Å². The summed E-state index contributed by atoms with van der Waals surface area (Å²) in [7, 11) is 0. The number of aldehydes is 1. The first-order valence-electron chi connectivity index (χ1n) is 5.18. The Morgan fingerprint density at radius 1 is 1.40 bits per heavy atom. The maximum Gasteiger partial charge on any atom is 0.408 e. The van der Waals surface area contributed by atoms with Crippen LogP contribution in [0.5, 0.6) is 0 Å². The Hall–Kier alpha value is -1.06. The van der Waals surface area contributed by atoms with Gasteiger partial charge in [-0.05, 0) is 33.1 Å². The van der Waals surface area contributed by atoms with Gasteiger partial charge in [-0.2, -0.15) is 0 Å². The molecule has 4 heteroatoms. The Bertz CT molecular complexity index is 218. The zero-order valence-electron chi connectivity index (χ0n) is 10.2. The standard InChI is InChI=1S/C11H21NO3/c1-8(2)6-9(7-13)15-10(14)12-11(3,4)5/h7-9H,6H2,1-5H3,(H,12,14)/t9-/m0/s1. The zero-order valence-corrected chi connectivity index (χ0v) is 10.2. The van der Waals surface area contributed by atoms with E-state index >= 15 is 0 Å². The Morgan fingerprint density at radius 2 is 1.93 bits per heavy atom. The van der Waals surface area contributed by atoms with Crippen LogP contribution >= 0.6 is 0 Å². The highest BCUT2D eigenvalue weighted by Crippen LogP contribution is 2.07. The van der Waals surface area contributed by atoms with E-state index in [1.54, 1.807) is 0 Å². The smallest absolute Gasteiger partial charge is 0.408 e. The van der Waals surface area contributed by atoms with Crippen LogP contribution in [0.4, 0.5) is 4.79 Å². The molecule has 0 aliphatic heterocycles. The molecular weight excluding hydrogens is 194 g/mol. The van der Waals surface area contributed by atoms with Crippen LogP contribution in [0.3, 0.4) is 0 Å². The predicted molar refractivity (Wildman–Crippen MR) is 58.7 cm³/mol. The van der Waals surface area contributed by atoms with Gasteiger partial charge in [-0.1, -0.05) is 13.8 Å². The van der Waals surface area contributed by atoms with Crippen LogP contribution in [-0.2, 0) is 9.53 Å². The van der Waals surface area contributed by atoms with Crippen LogP contribution in [0.2, 0.25) is 0 Å². The molecule has 0 saturated heterocycles. The molecule has 0 aromatic heterocycles. The number of rotatable bonds is 4. The van der Waals surface area contributed by atoms with Crippen LogP contribution in [0.15, 0.2) is 0 Å². The van der Waals surface area contributed by atoms with Gasteiger partial charge in [0.05, 0.1) is 0 Å². The molecule has 1 amide bonds. The summed E-state index contributed by atoms with van der Waals surface area (Å²) in [6.45, 7) is 9.51. The highest BCUT2D eigenvalue weighted by atomic mass is 16.6. The highest BCUT2D eigenvalue weighted by Gasteiger charge is 2.19. The third-order valence-corrected chi connectivity index (χ3v) is 1.59. The summed E-state index contributed by atoms with van der Waals surface area (Å²) in [5.74, 6) is 0.322. The average Bonchev–Trinajstić information content (AvgIpc) is 1.98. The molecule has 0 aliphatic rings. The number of carbonyl (C=O) groups is 2. The van der Waals surface area contributed by atoms with E-state index in [4.69, 9.17) is 4.74 Å². The van der Waals surface area contributed by atoms with Gasteiger partial charge >= 0.3 is 6.09 Å². The summed E-state index contributed by atoms with van der Waals surface area (Å²) in [4.78, 5) is 22.0. The Morgan fingerprint density at radius 3 is 2.27 bits per heavy atom. The monoisotopic (exact) mass is 215 g/mol. The number of nitrogens with one attached hydrogen (secondary N) is 1. The molecule has 0 heterocycles. The van der Waals surface area contributed by atoms with Crippen LogP contribution < -0.4 is 5.32 Å². The first kappa shape index (κ1) is 13.9. The fourth-order valence-corrected chi connectivity index (χ4v) is 1.07. The van der Waals surface area contributed by atoms with Gasteiger partial charge in [0.25, 0.3) is 0 Å². The summed E-state index contributed by atoms with van der Waals surface area (Å²) in [5.41, 5.74) is -0.345. The van der Waals surface area contributed by atoms with Gasteiger partial charge in [-0.25, -0.2) is 4.79 Å². The van der Waals surface area contributed by atoms with Gasteiger partial charge in [0.2, 0.25) is 0 Å². The SMILES string of the molecule is CC(C)C[C@@H](C=O)OC(=O)NC(C)(C)C. The fourth-order valence-electron chi connectivity index (χ4n) is 1.07. The van der Waals surface area contributed by atoms with Crippen LogP contribution in [-0.4, -0.2) is 24.0 Å². The third kappa shape index (κ3) is 7.97. The van der Waals surface area contributed by atoms with Crippen molar-refractivity contribution in [3.05, 3.63) is 0 Å². The molecule has 0 radical (unpaired) electrons. The van der Waals surface area contributed by atoms with Crippen molar-refractivity contribution in [2.45, 2.75) is 52.7 Å². The van der Waals surface area contributed by atoms with E-state index in [0.717, 1.165) is 0 Å². The molecule has 88 valence electrons. The summed E-state index contributed by atoms with van der Waals surface area (Å²) >= 11 is 0. The number of alkyl carbamates (subject to hydrolysis) is 1. The fraction of sp³-hybridized carbons (Fsp3) is 0.818. The van der Waals surface area contributed by atoms with Gasteiger partial charge in [0, 0.05) is 5.54 Å². The zero-order chi connectivity index (χ0) is 12.1. The number of hydrogen-bond donors (Lipinski definition) is 1. The average molecular weight is 215 g/mol. The Balaban J connectivity index is 4.08. The van der Waals surface area contributed by atoms with Crippen molar-refractivity contribution < 1.29 is 14.3 Å². The first-order chi connectivity index (χ1) is 6.74. The minimum atomic E-state index is -0.646. The normalized spacial score (nSPS) is 13.5. The van der Waals surface area contributed by atoms with E-state index in [0.29, 0.717) is 18.6 Å². The Labute approximate surface area is 91.4 Å². The van der Waals surface area contributed by atoms with E-state index < -0.39 is 12.2 Å². The molecule has 0 spiro atoms. The molecule has 0 rings (SSSR count). The molecule has 0 aliphatic carbocycles. The lowest BCUT2D eigenvalue weighted by atomic mass is 10.1. The quantitative estimate of drug-likeness (QED) is 0.731. The lowest BCUT2D eigenvalue weighted by Crippen LogP contribution is -2.42. The maximum atomic E-state index is 11.3. The van der Waals surface area contributed by atoms with E-state index in [1.165, 1.54) is 0 Å². The van der Waals surface area contributed by atoms with Crippen LogP contribution in [0.25, 0.3) is 0 Å². The second-order valence-corrected chi connectivity index (χ2v) is 5.08. The second-order valence-electron chi connectivity index (χ2n) is 5.08. The largest absolute Gasteiger partial charge is 0.439 e. The van der Waals surface area contributed by atoms with Crippen molar-refractivity contribution in [2.24, 2.45) is 5.92 Å². The Kier molecular flexibility index (Phi) is 5.33. The highest BCUT2D eigenvalue weighted by molar-refractivity contribution is 5.71. The van der Waals surface area contributed by atoms with Crippen molar-refractivity contribution >= 4 is 12.4 Å². The first-order valence-corrected chi connectivity index (χ1v) is 5.18. The van der Waals surface area contributed by atoms with Gasteiger partial charge in [-0.15, -0.1) is 0 Å². The van der Waals surface area contributed by atoms with Crippen molar-refractivity contribution in [3.8, 4) is 0 Å². The van der Waals surface area contributed by atoms with E-state index in [-0.39, 0.29) is 5.54 Å². The number of hydrogen-bond acceptors (Lipinski definition) is 3. The number of amides is 1. The summed E-state index contributed by atoms with van der Waals surface area (Å²) in [6.07, 6.45) is 0.0381. The third-order valence-electron chi connectivity index (χ3n) is 1.59. The molecule has 15 heavy (non-hydrogen) atoms. The van der Waals surface area contributed by atoms with Crippen LogP contribution in [0, 0.1) is 5.92 Å². The summed E-state index contributed by atoms with van der Waals surface area (Å²) in [5, 5.41) is 2.64. The topological polar surface area (TPSA) is 55.4 Å². The van der Waals surface area contributed by atoms with Crippen molar-refractivity contribution in [3.63, 3.8) is 0 Å². The molecule has 4 nitrogen and oxygen atoms in total. The van der Waals surface area contributed by atoms with Crippen molar-refractivity contribution in [1.29, 1.82) is 0 Å². The predicted octanol–water partition coefficient (Wildman–Crippen LogP) is 2.12. The lowest BCUT2D eigenvalue weighted by molar-refractivity contribution is -0.115. The van der Waals surface area contributed by atoms with Gasteiger partial charge in [0.15, 0.2) is 12.4 Å². The molecule has 1 atom stereocenters. The van der Waals surface area contributed by atoms with Crippen LogP contribution in [0.1, 0.15) is 41.0 Å².